The van der Waals surface area contributed by atoms with Gasteiger partial charge in [-0.15, -0.1) is 4.91 Å². The van der Waals surface area contributed by atoms with Gasteiger partial charge in [0, 0.05) is 13.0 Å². The van der Waals surface area contributed by atoms with Crippen LogP contribution in [0.5, 0.6) is 0 Å². The Morgan fingerprint density at radius 1 is 1.15 bits per heavy atom. The lowest BCUT2D eigenvalue weighted by Crippen LogP contribution is -2.42. The molecule has 0 radical (unpaired) electrons. The van der Waals surface area contributed by atoms with Crippen LogP contribution in [-0.2, 0) is 4.74 Å². The van der Waals surface area contributed by atoms with Crippen LogP contribution in [0, 0.1) is 10.8 Å². The summed E-state index contributed by atoms with van der Waals surface area (Å²) in [6.07, 6.45) is 5.90. The summed E-state index contributed by atoms with van der Waals surface area (Å²) in [4.78, 5) is 10.5. The van der Waals surface area contributed by atoms with E-state index >= 15 is 0 Å². The van der Waals surface area contributed by atoms with E-state index in [9.17, 15) is 15.1 Å². The molecule has 2 unspecified atom stereocenters. The van der Waals surface area contributed by atoms with Gasteiger partial charge in [0.1, 0.15) is 6.10 Å². The first-order chi connectivity index (χ1) is 9.46. The van der Waals surface area contributed by atoms with Crippen molar-refractivity contribution in [3.63, 3.8) is 0 Å². The van der Waals surface area contributed by atoms with E-state index in [0.717, 1.165) is 18.8 Å². The van der Waals surface area contributed by atoms with Gasteiger partial charge in [-0.2, -0.15) is 0 Å². The Bertz CT molecular complexity index is 248. The maximum Gasteiger partial charge on any atom is 0.225 e. The largest absolute Gasteiger partial charge is 0.385 e. The zero-order valence-electron chi connectivity index (χ0n) is 13.2. The van der Waals surface area contributed by atoms with Gasteiger partial charge in [0.15, 0.2) is 0 Å². The van der Waals surface area contributed by atoms with E-state index in [2.05, 4.69) is 19.0 Å². The second kappa shape index (κ2) is 11.2. The molecule has 0 aliphatic heterocycles. The molecule has 0 aromatic carbocycles. The molecule has 0 aromatic heterocycles. The predicted molar refractivity (Wildman–Crippen MR) is 80.4 cm³/mol. The van der Waals surface area contributed by atoms with Crippen molar-refractivity contribution in [1.29, 1.82) is 0 Å². The van der Waals surface area contributed by atoms with E-state index < -0.39 is 11.8 Å². The number of rotatable bonds is 13. The van der Waals surface area contributed by atoms with Crippen molar-refractivity contribution in [2.45, 2.75) is 77.5 Å². The van der Waals surface area contributed by atoms with Gasteiger partial charge in [-0.05, 0) is 17.5 Å². The molecule has 0 spiro atoms. The molecule has 5 nitrogen and oxygen atoms in total. The van der Waals surface area contributed by atoms with E-state index in [1.54, 1.807) is 6.92 Å². The Labute approximate surface area is 122 Å². The number of aliphatic hydroxyl groups excluding tert-OH is 1. The Hall–Kier alpha value is -0.520. The predicted octanol–water partition coefficient (Wildman–Crippen LogP) is 3.23. The molecule has 20 heavy (non-hydrogen) atoms. The summed E-state index contributed by atoms with van der Waals surface area (Å²) in [5, 5.41) is 21.8. The monoisotopic (exact) mass is 289 g/mol. The lowest BCUT2D eigenvalue weighted by molar-refractivity contribution is -0.104. The second-order valence-corrected chi connectivity index (χ2v) is 5.86. The first kappa shape index (κ1) is 19.5. The molecule has 5 heteroatoms. The molecule has 0 saturated carbocycles. The Balaban J connectivity index is 3.46. The molecule has 120 valence electrons. The van der Waals surface area contributed by atoms with Crippen molar-refractivity contribution in [3.8, 4) is 0 Å². The van der Waals surface area contributed by atoms with Gasteiger partial charge in [-0.1, -0.05) is 52.9 Å². The first-order valence-electron chi connectivity index (χ1n) is 7.79. The second-order valence-electron chi connectivity index (χ2n) is 5.86. The van der Waals surface area contributed by atoms with Crippen molar-refractivity contribution < 1.29 is 14.9 Å². The Morgan fingerprint density at radius 3 is 2.30 bits per heavy atom. The minimum atomic E-state index is -1.92. The summed E-state index contributed by atoms with van der Waals surface area (Å²) in [5.41, 5.74) is -1.92. The van der Waals surface area contributed by atoms with Crippen LogP contribution < -0.4 is 0 Å². The van der Waals surface area contributed by atoms with Gasteiger partial charge in [-0.25, -0.2) is 0 Å². The molecule has 0 fully saturated rings. The Morgan fingerprint density at radius 2 is 1.75 bits per heavy atom. The highest BCUT2D eigenvalue weighted by Gasteiger charge is 2.35. The van der Waals surface area contributed by atoms with Crippen LogP contribution in [0.2, 0.25) is 0 Å². The Kier molecular flexibility index (Phi) is 10.9. The molecule has 0 aromatic rings. The fourth-order valence-corrected chi connectivity index (χ4v) is 1.98. The average molecular weight is 289 g/mol. The average Bonchev–Trinajstić information content (AvgIpc) is 2.43. The van der Waals surface area contributed by atoms with E-state index in [1.807, 2.05) is 0 Å². The van der Waals surface area contributed by atoms with Crippen molar-refractivity contribution in [2.75, 3.05) is 13.2 Å². The smallest absolute Gasteiger partial charge is 0.225 e. The lowest BCUT2D eigenvalue weighted by atomic mass is 10.0. The highest BCUT2D eigenvalue weighted by molar-refractivity contribution is 4.81. The van der Waals surface area contributed by atoms with Crippen LogP contribution >= 0.6 is 0 Å². The van der Waals surface area contributed by atoms with Gasteiger partial charge < -0.3 is 14.9 Å². The summed E-state index contributed by atoms with van der Waals surface area (Å²) in [6.45, 7) is 6.57. The summed E-state index contributed by atoms with van der Waals surface area (Å²) in [7, 11) is 0. The summed E-state index contributed by atoms with van der Waals surface area (Å²) in [6, 6.07) is 0. The quantitative estimate of drug-likeness (QED) is 0.403. The molecule has 0 heterocycles. The van der Waals surface area contributed by atoms with Crippen LogP contribution in [0.3, 0.4) is 0 Å². The van der Waals surface area contributed by atoms with Crippen molar-refractivity contribution >= 4 is 0 Å². The third kappa shape index (κ3) is 8.61. The number of unbranched alkanes of at least 4 members (excludes halogenated alkanes) is 4. The van der Waals surface area contributed by atoms with Gasteiger partial charge in [0.2, 0.25) is 5.72 Å². The normalized spacial score (nSPS) is 16.1. The minimum absolute atomic E-state index is 0.0522. The molecular formula is C15H31NO4. The van der Waals surface area contributed by atoms with Gasteiger partial charge in [0.25, 0.3) is 0 Å². The fraction of sp³-hybridized carbons (Fsp3) is 1.00. The molecule has 2 atom stereocenters. The minimum Gasteiger partial charge on any atom is -0.385 e. The lowest BCUT2D eigenvalue weighted by Gasteiger charge is -2.24. The summed E-state index contributed by atoms with van der Waals surface area (Å²) in [5.74, 6) is 0.781. The number of aliphatic hydroxyl groups is 2. The molecule has 0 aliphatic rings. The SMILES string of the molecule is CCC(O)(N=O)C(O)COCCCCCCCC(C)C. The standard InChI is InChI=1S/C15H31NO4/c1-4-15(18,16-19)14(17)12-20-11-9-7-5-6-8-10-13(2)3/h13-14,17-18H,4-12H2,1-3H3. The van der Waals surface area contributed by atoms with Crippen molar-refractivity contribution in [1.82, 2.24) is 0 Å². The van der Waals surface area contributed by atoms with E-state index in [1.165, 1.54) is 25.7 Å². The molecule has 2 N–H and O–H groups in total. The zero-order chi connectivity index (χ0) is 15.4. The van der Waals surface area contributed by atoms with Crippen LogP contribution in [-0.4, -0.2) is 35.3 Å². The van der Waals surface area contributed by atoms with Crippen molar-refractivity contribution in [3.05, 3.63) is 4.91 Å². The number of hydrogen-bond acceptors (Lipinski definition) is 5. The molecule has 0 saturated heterocycles. The zero-order valence-corrected chi connectivity index (χ0v) is 13.2. The topological polar surface area (TPSA) is 79.1 Å². The number of ether oxygens (including phenoxy) is 1. The first-order valence-corrected chi connectivity index (χ1v) is 7.79. The number of hydrogen-bond donors (Lipinski definition) is 2. The fourth-order valence-electron chi connectivity index (χ4n) is 1.98. The van der Waals surface area contributed by atoms with E-state index in [-0.39, 0.29) is 13.0 Å². The number of nitrogens with zero attached hydrogens (tertiary/aromatic N) is 1. The summed E-state index contributed by atoms with van der Waals surface area (Å²) < 4.78 is 5.28. The van der Waals surface area contributed by atoms with Gasteiger partial charge >= 0.3 is 0 Å². The van der Waals surface area contributed by atoms with Crippen molar-refractivity contribution in [2.24, 2.45) is 11.1 Å². The van der Waals surface area contributed by atoms with Gasteiger partial charge in [-0.3, -0.25) is 0 Å². The van der Waals surface area contributed by atoms with E-state index in [4.69, 9.17) is 4.74 Å². The third-order valence-electron chi connectivity index (χ3n) is 3.56. The summed E-state index contributed by atoms with van der Waals surface area (Å²) >= 11 is 0. The maximum absolute atomic E-state index is 10.5. The molecule has 0 bridgehead atoms. The van der Waals surface area contributed by atoms with Gasteiger partial charge in [0.05, 0.1) is 6.61 Å². The highest BCUT2D eigenvalue weighted by atomic mass is 16.5. The third-order valence-corrected chi connectivity index (χ3v) is 3.56. The molecule has 0 rings (SSSR count). The van der Waals surface area contributed by atoms with Crippen LogP contribution in [0.1, 0.15) is 65.7 Å². The van der Waals surface area contributed by atoms with E-state index in [0.29, 0.717) is 6.61 Å². The molecular weight excluding hydrogens is 258 g/mol. The highest BCUT2D eigenvalue weighted by Crippen LogP contribution is 2.17. The molecule has 0 amide bonds. The van der Waals surface area contributed by atoms with Crippen LogP contribution in [0.4, 0.5) is 0 Å². The van der Waals surface area contributed by atoms with Crippen LogP contribution in [0.15, 0.2) is 5.18 Å². The van der Waals surface area contributed by atoms with Crippen LogP contribution in [0.25, 0.3) is 0 Å². The number of nitroso groups, excluding NO2 is 1. The maximum atomic E-state index is 10.5. The molecule has 0 aliphatic carbocycles.